The number of rotatable bonds is 6. The number of hydrogen-bond acceptors (Lipinski definition) is 4. The van der Waals surface area contributed by atoms with E-state index in [1.165, 1.54) is 18.4 Å². The molecule has 1 aliphatic heterocycles. The zero-order valence-electron chi connectivity index (χ0n) is 18.6. The van der Waals surface area contributed by atoms with Gasteiger partial charge in [0, 0.05) is 24.1 Å². The van der Waals surface area contributed by atoms with Crippen molar-refractivity contribution in [3.8, 4) is 0 Å². The van der Waals surface area contributed by atoms with E-state index in [0.29, 0.717) is 5.92 Å². The Bertz CT molecular complexity index is 906. The fourth-order valence-electron chi connectivity index (χ4n) is 5.27. The van der Waals surface area contributed by atoms with E-state index in [0.717, 1.165) is 80.9 Å². The molecule has 3 heterocycles. The number of likely N-dealkylation sites (tertiary alicyclic amines) is 1. The van der Waals surface area contributed by atoms with Gasteiger partial charge in [0.2, 0.25) is 0 Å². The van der Waals surface area contributed by atoms with Gasteiger partial charge >= 0.3 is 0 Å². The maximum Gasteiger partial charge on any atom is 0.260 e. The van der Waals surface area contributed by atoms with Crippen molar-refractivity contribution >= 4 is 10.8 Å². The summed E-state index contributed by atoms with van der Waals surface area (Å²) in [4.78, 5) is 20.5. The zero-order chi connectivity index (χ0) is 21.1. The molecule has 0 atom stereocenters. The first kappa shape index (κ1) is 21.5. The molecule has 0 amide bonds. The van der Waals surface area contributed by atoms with Gasteiger partial charge in [-0.05, 0) is 94.4 Å². The van der Waals surface area contributed by atoms with Gasteiger partial charge < -0.3 is 14.6 Å². The van der Waals surface area contributed by atoms with Gasteiger partial charge in [-0.15, -0.1) is 0 Å². The lowest BCUT2D eigenvalue weighted by Gasteiger charge is -2.32. The van der Waals surface area contributed by atoms with Crippen molar-refractivity contribution in [3.05, 3.63) is 40.1 Å². The molecule has 0 bridgehead atoms. The number of aryl methyl sites for hydroxylation is 1. The molecule has 2 aliphatic rings. The number of unbranched alkanes of at least 4 members (excludes halogenated alkanes) is 2. The number of aliphatic hydroxyl groups is 1. The molecule has 2 aromatic rings. The Kier molecular flexibility index (Phi) is 6.89. The minimum Gasteiger partial charge on any atom is -0.393 e. The third-order valence-corrected chi connectivity index (χ3v) is 7.27. The molecule has 30 heavy (non-hydrogen) atoms. The molecule has 0 radical (unpaired) electrons. The smallest absolute Gasteiger partial charge is 0.260 e. The van der Waals surface area contributed by atoms with Crippen LogP contribution in [0, 0.1) is 0 Å². The van der Waals surface area contributed by atoms with Crippen LogP contribution >= 0.6 is 0 Å². The molecule has 1 saturated heterocycles. The second-order valence-electron chi connectivity index (χ2n) is 9.52. The summed E-state index contributed by atoms with van der Waals surface area (Å²) < 4.78 is 2.02. The topological polar surface area (TPSA) is 58.4 Å². The maximum atomic E-state index is 13.4. The molecule has 2 aromatic heterocycles. The molecule has 0 spiro atoms. The van der Waals surface area contributed by atoms with Crippen LogP contribution in [0.3, 0.4) is 0 Å². The Morgan fingerprint density at radius 3 is 2.50 bits per heavy atom. The van der Waals surface area contributed by atoms with Gasteiger partial charge in [-0.1, -0.05) is 19.8 Å². The molecule has 0 unspecified atom stereocenters. The number of hydrogen-bond donors (Lipinski definition) is 1. The van der Waals surface area contributed by atoms with Crippen molar-refractivity contribution in [2.45, 2.75) is 89.2 Å². The SMILES string of the molecule is CCCCCc1cc2c(C3CCC(O)CC3)cn(C3CCN(C)CC3)c(=O)c2cn1. The molecule has 164 valence electrons. The standard InChI is InChI=1S/C25H37N3O2/c1-3-4-5-6-19-15-22-23(16-26-19)25(30)28(20-11-13-27(2)14-12-20)17-24(22)18-7-9-21(29)10-8-18/h15-18,20-21,29H,3-14H2,1-2H3. The van der Waals surface area contributed by atoms with E-state index in [1.807, 2.05) is 10.8 Å². The van der Waals surface area contributed by atoms with E-state index < -0.39 is 0 Å². The average Bonchev–Trinajstić information content (AvgIpc) is 2.76. The summed E-state index contributed by atoms with van der Waals surface area (Å²) >= 11 is 0. The van der Waals surface area contributed by atoms with Crippen molar-refractivity contribution in [1.82, 2.24) is 14.5 Å². The van der Waals surface area contributed by atoms with Gasteiger partial charge in [0.15, 0.2) is 0 Å². The summed E-state index contributed by atoms with van der Waals surface area (Å²) in [6.45, 7) is 4.29. The van der Waals surface area contributed by atoms with E-state index in [-0.39, 0.29) is 17.7 Å². The molecule has 5 heteroatoms. The lowest BCUT2D eigenvalue weighted by Crippen LogP contribution is -2.35. The molecule has 4 rings (SSSR count). The number of aliphatic hydroxyl groups excluding tert-OH is 1. The van der Waals surface area contributed by atoms with E-state index >= 15 is 0 Å². The van der Waals surface area contributed by atoms with Crippen molar-refractivity contribution in [2.75, 3.05) is 20.1 Å². The van der Waals surface area contributed by atoms with Gasteiger partial charge in [0.25, 0.3) is 5.56 Å². The highest BCUT2D eigenvalue weighted by Gasteiger charge is 2.26. The van der Waals surface area contributed by atoms with Gasteiger partial charge in [0.05, 0.1) is 11.5 Å². The minimum absolute atomic E-state index is 0.117. The number of piperidine rings is 1. The third kappa shape index (κ3) is 4.62. The molecule has 2 fully saturated rings. The predicted molar refractivity (Wildman–Crippen MR) is 122 cm³/mol. The minimum atomic E-state index is -0.168. The van der Waals surface area contributed by atoms with Crippen LogP contribution in [0.2, 0.25) is 0 Å². The number of pyridine rings is 2. The number of fused-ring (bicyclic) bond motifs is 1. The van der Waals surface area contributed by atoms with Crippen LogP contribution in [0.4, 0.5) is 0 Å². The van der Waals surface area contributed by atoms with Crippen LogP contribution in [-0.2, 0) is 6.42 Å². The Morgan fingerprint density at radius 2 is 1.80 bits per heavy atom. The van der Waals surface area contributed by atoms with Gasteiger partial charge in [-0.25, -0.2) is 0 Å². The third-order valence-electron chi connectivity index (χ3n) is 7.27. The fraction of sp³-hybridized carbons (Fsp3) is 0.680. The summed E-state index contributed by atoms with van der Waals surface area (Å²) in [5, 5.41) is 11.9. The first-order valence-corrected chi connectivity index (χ1v) is 12.0. The Labute approximate surface area is 180 Å². The van der Waals surface area contributed by atoms with Crippen LogP contribution in [0.1, 0.15) is 87.9 Å². The molecule has 5 nitrogen and oxygen atoms in total. The van der Waals surface area contributed by atoms with Crippen molar-refractivity contribution < 1.29 is 5.11 Å². The highest BCUT2D eigenvalue weighted by atomic mass is 16.3. The summed E-state index contributed by atoms with van der Waals surface area (Å²) in [5.41, 5.74) is 2.52. The van der Waals surface area contributed by atoms with Crippen molar-refractivity contribution in [1.29, 1.82) is 0 Å². The lowest BCUT2D eigenvalue weighted by molar-refractivity contribution is 0.122. The fourth-order valence-corrected chi connectivity index (χ4v) is 5.27. The maximum absolute atomic E-state index is 13.4. The van der Waals surface area contributed by atoms with Gasteiger partial charge in [-0.3, -0.25) is 9.78 Å². The molecule has 1 N–H and O–H groups in total. The summed E-state index contributed by atoms with van der Waals surface area (Å²) in [6, 6.07) is 2.46. The Morgan fingerprint density at radius 1 is 1.07 bits per heavy atom. The first-order valence-electron chi connectivity index (χ1n) is 12.0. The molecular formula is C25H37N3O2. The molecule has 1 saturated carbocycles. The highest BCUT2D eigenvalue weighted by molar-refractivity contribution is 5.85. The van der Waals surface area contributed by atoms with E-state index in [4.69, 9.17) is 0 Å². The Balaban J connectivity index is 1.75. The van der Waals surface area contributed by atoms with Crippen molar-refractivity contribution in [2.24, 2.45) is 0 Å². The van der Waals surface area contributed by atoms with Crippen LogP contribution in [0.15, 0.2) is 23.3 Å². The summed E-state index contributed by atoms with van der Waals surface area (Å²) in [6.07, 6.45) is 14.1. The first-order chi connectivity index (χ1) is 14.6. The monoisotopic (exact) mass is 411 g/mol. The van der Waals surface area contributed by atoms with E-state index in [2.05, 4.69) is 36.1 Å². The predicted octanol–water partition coefficient (Wildman–Crippen LogP) is 4.41. The second kappa shape index (κ2) is 9.61. The quantitative estimate of drug-likeness (QED) is 0.715. The lowest BCUT2D eigenvalue weighted by atomic mass is 9.81. The largest absolute Gasteiger partial charge is 0.393 e. The second-order valence-corrected chi connectivity index (χ2v) is 9.52. The molecular weight excluding hydrogens is 374 g/mol. The normalized spacial score (nSPS) is 23.8. The van der Waals surface area contributed by atoms with Crippen LogP contribution in [0.25, 0.3) is 10.8 Å². The van der Waals surface area contributed by atoms with Crippen LogP contribution < -0.4 is 5.56 Å². The van der Waals surface area contributed by atoms with E-state index in [1.54, 1.807) is 0 Å². The number of nitrogens with zero attached hydrogens (tertiary/aromatic N) is 3. The highest BCUT2D eigenvalue weighted by Crippen LogP contribution is 2.37. The van der Waals surface area contributed by atoms with Crippen LogP contribution in [-0.4, -0.2) is 45.8 Å². The number of aromatic nitrogens is 2. The summed E-state index contributed by atoms with van der Waals surface area (Å²) in [5.74, 6) is 0.417. The zero-order valence-corrected chi connectivity index (χ0v) is 18.6. The van der Waals surface area contributed by atoms with E-state index in [9.17, 15) is 9.90 Å². The van der Waals surface area contributed by atoms with Crippen LogP contribution in [0.5, 0.6) is 0 Å². The summed E-state index contributed by atoms with van der Waals surface area (Å²) in [7, 11) is 2.15. The Hall–Kier alpha value is -1.72. The van der Waals surface area contributed by atoms with Crippen molar-refractivity contribution in [3.63, 3.8) is 0 Å². The molecule has 0 aromatic carbocycles. The molecule has 1 aliphatic carbocycles. The average molecular weight is 412 g/mol. The van der Waals surface area contributed by atoms with Gasteiger partial charge in [-0.2, -0.15) is 0 Å². The van der Waals surface area contributed by atoms with Gasteiger partial charge in [0.1, 0.15) is 0 Å².